The topological polar surface area (TPSA) is 80.2 Å². The molecular formula is C18H17FN4O3. The van der Waals surface area contributed by atoms with Crippen LogP contribution in [-0.2, 0) is 11.3 Å². The molecular weight excluding hydrogens is 339 g/mol. The second-order valence-electron chi connectivity index (χ2n) is 6.13. The number of nitrogens with zero attached hydrogens (tertiary/aromatic N) is 3. The van der Waals surface area contributed by atoms with E-state index in [1.807, 2.05) is 4.90 Å². The number of hydrogen-bond donors (Lipinski definition) is 1. The van der Waals surface area contributed by atoms with Crippen LogP contribution in [-0.4, -0.2) is 41.1 Å². The Morgan fingerprint density at radius 2 is 2.00 bits per heavy atom. The fraction of sp³-hybridized carbons (Fsp3) is 0.278. The number of aromatic nitrogens is 3. The third kappa shape index (κ3) is 3.11. The lowest BCUT2D eigenvalue weighted by Gasteiger charge is -2.28. The third-order valence-electron chi connectivity index (χ3n) is 4.42. The summed E-state index contributed by atoms with van der Waals surface area (Å²) in [7, 11) is 0. The second kappa shape index (κ2) is 6.72. The van der Waals surface area contributed by atoms with E-state index in [1.165, 1.54) is 28.9 Å². The van der Waals surface area contributed by atoms with E-state index in [0.29, 0.717) is 32.0 Å². The molecule has 1 aliphatic heterocycles. The predicted molar refractivity (Wildman–Crippen MR) is 95.2 cm³/mol. The molecule has 8 heteroatoms. The number of fused-ring (bicyclic) bond motifs is 1. The van der Waals surface area contributed by atoms with Crippen molar-refractivity contribution < 1.29 is 9.13 Å². The summed E-state index contributed by atoms with van der Waals surface area (Å²) in [5.41, 5.74) is 0.705. The molecule has 0 radical (unpaired) electrons. The SMILES string of the molecule is O=c1cc(Cn2ncc(N3CCOCC3)cc2=O)[nH]c2c(F)cccc12. The molecule has 1 aromatic carbocycles. The maximum atomic E-state index is 14.0. The molecule has 1 aliphatic rings. The highest BCUT2D eigenvalue weighted by molar-refractivity contribution is 5.78. The van der Waals surface area contributed by atoms with Gasteiger partial charge in [-0.1, -0.05) is 6.07 Å². The number of halogens is 1. The van der Waals surface area contributed by atoms with Gasteiger partial charge in [0.1, 0.15) is 5.82 Å². The molecule has 0 amide bonds. The van der Waals surface area contributed by atoms with Crippen LogP contribution in [0.5, 0.6) is 0 Å². The number of morpholine rings is 1. The van der Waals surface area contributed by atoms with E-state index in [0.717, 1.165) is 5.69 Å². The first kappa shape index (κ1) is 16.5. The number of H-pyrrole nitrogens is 1. The predicted octanol–water partition coefficient (Wildman–Crippen LogP) is 1.11. The summed E-state index contributed by atoms with van der Waals surface area (Å²) in [6, 6.07) is 7.21. The molecule has 0 bridgehead atoms. The molecule has 26 heavy (non-hydrogen) atoms. The Hall–Kier alpha value is -3.00. The van der Waals surface area contributed by atoms with Crippen LogP contribution in [0.1, 0.15) is 5.69 Å². The van der Waals surface area contributed by atoms with Gasteiger partial charge in [-0.25, -0.2) is 9.07 Å². The lowest BCUT2D eigenvalue weighted by atomic mass is 10.2. The number of ether oxygens (including phenoxy) is 1. The van der Waals surface area contributed by atoms with Crippen LogP contribution >= 0.6 is 0 Å². The normalized spacial score (nSPS) is 14.7. The lowest BCUT2D eigenvalue weighted by molar-refractivity contribution is 0.122. The van der Waals surface area contributed by atoms with Crippen molar-refractivity contribution in [1.29, 1.82) is 0 Å². The fourth-order valence-corrected chi connectivity index (χ4v) is 3.07. The van der Waals surface area contributed by atoms with Gasteiger partial charge in [-0.2, -0.15) is 5.10 Å². The Balaban J connectivity index is 1.65. The van der Waals surface area contributed by atoms with Crippen molar-refractivity contribution in [3.8, 4) is 0 Å². The first-order chi connectivity index (χ1) is 12.6. The zero-order valence-electron chi connectivity index (χ0n) is 13.9. The van der Waals surface area contributed by atoms with E-state index >= 15 is 0 Å². The van der Waals surface area contributed by atoms with Crippen LogP contribution in [0.4, 0.5) is 10.1 Å². The molecule has 3 aromatic rings. The molecule has 0 saturated carbocycles. The van der Waals surface area contributed by atoms with E-state index in [1.54, 1.807) is 12.3 Å². The molecule has 0 unspecified atom stereocenters. The average molecular weight is 356 g/mol. The van der Waals surface area contributed by atoms with E-state index < -0.39 is 5.82 Å². The molecule has 2 aromatic heterocycles. The zero-order valence-corrected chi connectivity index (χ0v) is 13.9. The van der Waals surface area contributed by atoms with Crippen molar-refractivity contribution in [2.45, 2.75) is 6.54 Å². The van der Waals surface area contributed by atoms with Crippen LogP contribution in [0.15, 0.2) is 46.1 Å². The summed E-state index contributed by atoms with van der Waals surface area (Å²) in [5.74, 6) is -0.510. The van der Waals surface area contributed by atoms with Gasteiger partial charge in [0, 0.05) is 36.3 Å². The molecule has 3 heterocycles. The quantitative estimate of drug-likeness (QED) is 0.760. The number of rotatable bonds is 3. The Bertz CT molecular complexity index is 1070. The summed E-state index contributed by atoms with van der Waals surface area (Å²) >= 11 is 0. The number of para-hydroxylation sites is 1. The summed E-state index contributed by atoms with van der Waals surface area (Å²) < 4.78 is 20.5. The molecule has 1 saturated heterocycles. The Labute approximate surface area is 147 Å². The highest BCUT2D eigenvalue weighted by atomic mass is 19.1. The zero-order chi connectivity index (χ0) is 18.1. The van der Waals surface area contributed by atoms with Gasteiger partial charge in [0.25, 0.3) is 5.56 Å². The van der Waals surface area contributed by atoms with Crippen LogP contribution in [0.3, 0.4) is 0 Å². The van der Waals surface area contributed by atoms with Crippen molar-refractivity contribution in [3.05, 3.63) is 68.6 Å². The summed E-state index contributed by atoms with van der Waals surface area (Å²) in [6.07, 6.45) is 1.62. The molecule has 0 spiro atoms. The van der Waals surface area contributed by atoms with Crippen LogP contribution in [0.25, 0.3) is 10.9 Å². The monoisotopic (exact) mass is 356 g/mol. The minimum atomic E-state index is -0.510. The van der Waals surface area contributed by atoms with Crippen molar-refractivity contribution in [1.82, 2.24) is 14.8 Å². The number of aromatic amines is 1. The summed E-state index contributed by atoms with van der Waals surface area (Å²) in [6.45, 7) is 2.71. The average Bonchev–Trinajstić information content (AvgIpc) is 2.65. The fourth-order valence-electron chi connectivity index (χ4n) is 3.07. The number of pyridine rings is 1. The lowest BCUT2D eigenvalue weighted by Crippen LogP contribution is -2.37. The number of nitrogens with one attached hydrogen (secondary N) is 1. The minimum absolute atomic E-state index is 0.0573. The molecule has 1 fully saturated rings. The second-order valence-corrected chi connectivity index (χ2v) is 6.13. The van der Waals surface area contributed by atoms with Crippen LogP contribution in [0, 0.1) is 5.82 Å². The van der Waals surface area contributed by atoms with Gasteiger partial charge >= 0.3 is 0 Å². The first-order valence-electron chi connectivity index (χ1n) is 8.32. The summed E-state index contributed by atoms with van der Waals surface area (Å²) in [5, 5.41) is 4.46. The number of anilines is 1. The minimum Gasteiger partial charge on any atom is -0.378 e. The van der Waals surface area contributed by atoms with Crippen molar-refractivity contribution in [2.24, 2.45) is 0 Å². The van der Waals surface area contributed by atoms with Crippen molar-refractivity contribution in [2.75, 3.05) is 31.2 Å². The van der Waals surface area contributed by atoms with E-state index in [9.17, 15) is 14.0 Å². The largest absolute Gasteiger partial charge is 0.378 e. The standard InChI is InChI=1S/C18H17FN4O3/c19-15-3-1-2-14-16(24)8-12(21-18(14)15)11-23-17(25)9-13(10-20-23)22-4-6-26-7-5-22/h1-3,8-10H,4-7,11H2,(H,21,24). The molecule has 1 N–H and O–H groups in total. The van der Waals surface area contributed by atoms with Crippen LogP contribution < -0.4 is 15.9 Å². The maximum Gasteiger partial charge on any atom is 0.269 e. The molecule has 7 nitrogen and oxygen atoms in total. The maximum absolute atomic E-state index is 14.0. The van der Waals surface area contributed by atoms with Gasteiger partial charge in [-0.3, -0.25) is 9.59 Å². The van der Waals surface area contributed by atoms with Gasteiger partial charge in [0.2, 0.25) is 0 Å². The highest BCUT2D eigenvalue weighted by Crippen LogP contribution is 2.14. The molecule has 134 valence electrons. The van der Waals surface area contributed by atoms with E-state index in [2.05, 4.69) is 10.1 Å². The molecule has 0 atom stereocenters. The van der Waals surface area contributed by atoms with Crippen LogP contribution in [0.2, 0.25) is 0 Å². The smallest absolute Gasteiger partial charge is 0.269 e. The Morgan fingerprint density at radius 3 is 2.77 bits per heavy atom. The van der Waals surface area contributed by atoms with Gasteiger partial charge in [0.05, 0.1) is 37.2 Å². The first-order valence-corrected chi connectivity index (χ1v) is 8.32. The summed E-state index contributed by atoms with van der Waals surface area (Å²) in [4.78, 5) is 29.5. The van der Waals surface area contributed by atoms with E-state index in [-0.39, 0.29) is 28.4 Å². The Morgan fingerprint density at radius 1 is 1.19 bits per heavy atom. The molecule has 4 rings (SSSR count). The van der Waals surface area contributed by atoms with Crippen molar-refractivity contribution >= 4 is 16.6 Å². The highest BCUT2D eigenvalue weighted by Gasteiger charge is 2.13. The third-order valence-corrected chi connectivity index (χ3v) is 4.42. The van der Waals surface area contributed by atoms with Gasteiger partial charge in [-0.15, -0.1) is 0 Å². The van der Waals surface area contributed by atoms with Gasteiger partial charge < -0.3 is 14.6 Å². The molecule has 0 aliphatic carbocycles. The van der Waals surface area contributed by atoms with E-state index in [4.69, 9.17) is 4.74 Å². The van der Waals surface area contributed by atoms with Gasteiger partial charge in [-0.05, 0) is 12.1 Å². The van der Waals surface area contributed by atoms with Crippen molar-refractivity contribution in [3.63, 3.8) is 0 Å². The number of hydrogen-bond acceptors (Lipinski definition) is 5. The Kier molecular flexibility index (Phi) is 4.26. The number of benzene rings is 1. The van der Waals surface area contributed by atoms with Gasteiger partial charge in [0.15, 0.2) is 5.43 Å².